The van der Waals surface area contributed by atoms with Crippen LogP contribution in [0.15, 0.2) is 29.2 Å². The van der Waals surface area contributed by atoms with Crippen LogP contribution in [0.4, 0.5) is 20.8 Å². The fourth-order valence-corrected chi connectivity index (χ4v) is 6.00. The van der Waals surface area contributed by atoms with E-state index < -0.39 is 54.0 Å². The van der Waals surface area contributed by atoms with Crippen molar-refractivity contribution in [3.63, 3.8) is 0 Å². The summed E-state index contributed by atoms with van der Waals surface area (Å²) in [6, 6.07) is 2.62. The topological polar surface area (TPSA) is 184 Å². The number of hydrogen-bond acceptors (Lipinski definition) is 9. The third-order valence-electron chi connectivity index (χ3n) is 8.20. The highest BCUT2D eigenvalue weighted by Crippen LogP contribution is 2.44. The van der Waals surface area contributed by atoms with Gasteiger partial charge < -0.3 is 26.2 Å². The molecule has 14 nitrogen and oxygen atoms in total. The molecule has 0 aliphatic heterocycles. The van der Waals surface area contributed by atoms with Gasteiger partial charge in [-0.25, -0.2) is 28.6 Å². The molecule has 6 rings (SSSR count). The van der Waals surface area contributed by atoms with E-state index in [0.717, 1.165) is 0 Å². The summed E-state index contributed by atoms with van der Waals surface area (Å²) in [6.07, 6.45) is -0.711. The normalized spacial score (nSPS) is 27.2. The number of nitrogens with two attached hydrogens (primary N) is 1. The van der Waals surface area contributed by atoms with Crippen LogP contribution in [0.3, 0.4) is 0 Å². The molecule has 0 radical (unpaired) electrons. The summed E-state index contributed by atoms with van der Waals surface area (Å²) in [5.74, 6) is -0.400. The Morgan fingerprint density at radius 3 is 2.70 bits per heavy atom. The predicted octanol–water partition coefficient (Wildman–Crippen LogP) is 2.21. The largest absolute Gasteiger partial charge is 0.453 e. The molecule has 2 saturated carbocycles. The second-order valence-electron chi connectivity index (χ2n) is 11.6. The molecule has 2 fully saturated rings. The highest BCUT2D eigenvalue weighted by molar-refractivity contribution is 5.88. The number of aryl methyl sites for hydroxylation is 1. The summed E-state index contributed by atoms with van der Waals surface area (Å²) >= 11 is 0. The minimum absolute atomic E-state index is 0.0142. The lowest BCUT2D eigenvalue weighted by Gasteiger charge is -2.41. The summed E-state index contributed by atoms with van der Waals surface area (Å²) in [7, 11) is 1.18. The number of alkyl carbamates (subject to hydrolysis) is 1. The number of aliphatic hydroxyl groups is 1. The first-order valence-corrected chi connectivity index (χ1v) is 13.7. The van der Waals surface area contributed by atoms with Crippen LogP contribution >= 0.6 is 0 Å². The molecular formula is C28H34FN9O5. The molecule has 2 amide bonds. The van der Waals surface area contributed by atoms with Crippen molar-refractivity contribution in [2.75, 3.05) is 12.4 Å². The quantitative estimate of drug-likeness (QED) is 0.247. The van der Waals surface area contributed by atoms with Gasteiger partial charge in [0, 0.05) is 47.4 Å². The van der Waals surface area contributed by atoms with E-state index >= 15 is 0 Å². The van der Waals surface area contributed by atoms with E-state index in [4.69, 9.17) is 11.2 Å². The number of imidazole rings is 1. The van der Waals surface area contributed by atoms with Crippen molar-refractivity contribution in [3.05, 3.63) is 40.6 Å². The van der Waals surface area contributed by atoms with Crippen molar-refractivity contribution in [2.45, 2.75) is 75.3 Å². The number of alkyl halides is 1. The van der Waals surface area contributed by atoms with E-state index in [1.165, 1.54) is 42.5 Å². The van der Waals surface area contributed by atoms with Gasteiger partial charge in [0.25, 0.3) is 0 Å². The molecule has 0 spiro atoms. The molecule has 2 atom stereocenters. The summed E-state index contributed by atoms with van der Waals surface area (Å²) in [4.78, 5) is 47.0. The Kier molecular flexibility index (Phi) is 5.59. The molecule has 4 heterocycles. The molecule has 4 aromatic heterocycles. The Morgan fingerprint density at radius 2 is 2.05 bits per heavy atom. The van der Waals surface area contributed by atoms with Crippen molar-refractivity contribution < 1.29 is 29.3 Å². The molecule has 0 bridgehead atoms. The predicted molar refractivity (Wildman–Crippen MR) is 155 cm³/mol. The van der Waals surface area contributed by atoms with Gasteiger partial charge in [-0.1, -0.05) is 0 Å². The van der Waals surface area contributed by atoms with Crippen molar-refractivity contribution in [1.82, 2.24) is 34.2 Å². The third-order valence-corrected chi connectivity index (χ3v) is 8.20. The van der Waals surface area contributed by atoms with Gasteiger partial charge in [-0.2, -0.15) is 5.10 Å². The molecule has 5 N–H and O–H groups in total. The number of hydrogen-bond donors (Lipinski definition) is 4. The van der Waals surface area contributed by atoms with Crippen LogP contribution < -0.4 is 22.1 Å². The third kappa shape index (κ3) is 4.67. The molecule has 0 aromatic carbocycles. The minimum Gasteiger partial charge on any atom is -0.453 e. The van der Waals surface area contributed by atoms with Crippen molar-refractivity contribution in [3.8, 4) is 0 Å². The lowest BCUT2D eigenvalue weighted by molar-refractivity contribution is -0.135. The average Bonchev–Trinajstić information content (AvgIpc) is 3.61. The molecular weight excluding hydrogens is 561 g/mol. The van der Waals surface area contributed by atoms with Crippen LogP contribution in [0.2, 0.25) is 0 Å². The first-order valence-electron chi connectivity index (χ1n) is 15.7. The van der Waals surface area contributed by atoms with Gasteiger partial charge in [-0.15, -0.1) is 0 Å². The van der Waals surface area contributed by atoms with Gasteiger partial charge in [0.1, 0.15) is 34.6 Å². The maximum atomic E-state index is 14.1. The van der Waals surface area contributed by atoms with Gasteiger partial charge in [0.05, 0.1) is 25.7 Å². The first kappa shape index (κ1) is 24.0. The number of nitrogens with zero attached hydrogens (tertiary/aromatic N) is 6. The van der Waals surface area contributed by atoms with Gasteiger partial charge in [-0.05, 0) is 45.2 Å². The Morgan fingerprint density at radius 1 is 1.28 bits per heavy atom. The Balaban J connectivity index is 1.43. The number of anilines is 2. The summed E-state index contributed by atoms with van der Waals surface area (Å²) in [5.41, 5.74) is 2.63. The molecule has 2 aliphatic carbocycles. The molecule has 2 aliphatic rings. The summed E-state index contributed by atoms with van der Waals surface area (Å²) in [6.45, 7) is 0.203. The van der Waals surface area contributed by atoms with Crippen molar-refractivity contribution in [2.24, 2.45) is 12.7 Å². The summed E-state index contributed by atoms with van der Waals surface area (Å²) in [5, 5.41) is 21.2. The van der Waals surface area contributed by atoms with Gasteiger partial charge in [0.2, 0.25) is 5.91 Å². The van der Waals surface area contributed by atoms with Crippen LogP contribution in [0.1, 0.15) is 63.2 Å². The number of methoxy groups -OCH3 is 1. The maximum Gasteiger partial charge on any atom is 0.407 e. The molecule has 0 saturated heterocycles. The van der Waals surface area contributed by atoms with Crippen LogP contribution in [0.5, 0.6) is 0 Å². The highest BCUT2D eigenvalue weighted by atomic mass is 19.1. The highest BCUT2D eigenvalue weighted by Gasteiger charge is 2.53. The van der Waals surface area contributed by atoms with Gasteiger partial charge in [-0.3, -0.25) is 13.9 Å². The van der Waals surface area contributed by atoms with Crippen LogP contribution in [-0.2, 0) is 27.6 Å². The monoisotopic (exact) mass is 599 g/mol. The Labute approximate surface area is 250 Å². The number of aromatic nitrogens is 6. The van der Waals surface area contributed by atoms with E-state index in [2.05, 4.69) is 30.4 Å². The second-order valence-corrected chi connectivity index (χ2v) is 11.6. The van der Waals surface area contributed by atoms with Gasteiger partial charge >= 0.3 is 11.8 Å². The Bertz CT molecular complexity index is 1980. The smallest absolute Gasteiger partial charge is 0.407 e. The van der Waals surface area contributed by atoms with Crippen molar-refractivity contribution >= 4 is 45.7 Å². The lowest BCUT2D eigenvalue weighted by Crippen LogP contribution is -2.57. The van der Waals surface area contributed by atoms with Gasteiger partial charge in [0.15, 0.2) is 5.65 Å². The summed E-state index contributed by atoms with van der Waals surface area (Å²) < 4.78 is 54.6. The zero-order valence-corrected chi connectivity index (χ0v) is 23.7. The zero-order valence-electron chi connectivity index (χ0n) is 27.7. The number of halogens is 1. The van der Waals surface area contributed by atoms with E-state index in [1.54, 1.807) is 12.1 Å². The SMILES string of the molecule is [2H]C([2H])([2H])n1c(=O)n([C@@H]2CC[C@@]([2H])(NC(=O)OC)C2)c2cc(Nc3ccc4c(C(C)(C)O)nn(C5(C(N)=O)CC(F)C5)c4n3)ncc21. The standard InChI is InChI=1S/C28H34FN9O5/c1-27(2,42)22-17-7-8-20(34-23(17)38(35-22)28(24(30)39)11-14(29)12-28)33-21-10-18-19(13-31-21)36(3)26(41)37(18)16-6-5-15(9-16)32-25(40)43-4/h7-8,10,13-16,42H,5-6,9,11-12H2,1-4H3,(H2,30,39)(H,32,40)(H,31,33,34)/t14?,15-,16-,28?/m1/s1/i3D3,15D. The number of carbonyl (C=O) groups is 2. The minimum atomic E-state index is -2.84. The maximum absolute atomic E-state index is 14.1. The number of pyridine rings is 2. The molecule has 228 valence electrons. The number of carbonyl (C=O) groups excluding carboxylic acids is 2. The lowest BCUT2D eigenvalue weighted by atomic mass is 9.74. The van der Waals surface area contributed by atoms with E-state index in [-0.39, 0.29) is 59.7 Å². The average molecular weight is 600 g/mol. The number of rotatable bonds is 7. The molecule has 43 heavy (non-hydrogen) atoms. The number of fused-ring (bicyclic) bond motifs is 2. The van der Waals surface area contributed by atoms with Crippen LogP contribution in [0, 0.1) is 0 Å². The number of nitrogens with one attached hydrogen (secondary N) is 2. The zero-order chi connectivity index (χ0) is 34.3. The van der Waals surface area contributed by atoms with E-state index in [9.17, 15) is 23.9 Å². The molecule has 4 aromatic rings. The number of primary amides is 1. The van der Waals surface area contributed by atoms with E-state index in [1.807, 2.05) is 0 Å². The van der Waals surface area contributed by atoms with Crippen LogP contribution in [-0.4, -0.2) is 65.3 Å². The first-order chi connectivity index (χ1) is 21.9. The van der Waals surface area contributed by atoms with E-state index in [0.29, 0.717) is 16.4 Å². The number of amides is 2. The van der Waals surface area contributed by atoms with Crippen molar-refractivity contribution in [1.29, 1.82) is 0 Å². The molecule has 15 heteroatoms. The molecule has 0 unspecified atom stereocenters. The van der Waals surface area contributed by atoms with Crippen LogP contribution in [0.25, 0.3) is 22.1 Å². The fraction of sp³-hybridized carbons (Fsp3) is 0.500. The fourth-order valence-electron chi connectivity index (χ4n) is 6.00. The number of ether oxygens (including phenoxy) is 1. The second kappa shape index (κ2) is 10.0. The Hall–Kier alpha value is -4.53.